The summed E-state index contributed by atoms with van der Waals surface area (Å²) >= 11 is 0. The van der Waals surface area contributed by atoms with Gasteiger partial charge in [-0.25, -0.2) is 0 Å². The average molecular weight is 378 g/mol. The quantitative estimate of drug-likeness (QED) is 0.578. The third kappa shape index (κ3) is 2.85. The molecule has 2 saturated carbocycles. The van der Waals surface area contributed by atoms with E-state index in [-0.39, 0.29) is 24.0 Å². The first-order valence-electron chi connectivity index (χ1n) is 9.66. The van der Waals surface area contributed by atoms with Gasteiger partial charge in [0.05, 0.1) is 12.2 Å². The summed E-state index contributed by atoms with van der Waals surface area (Å²) in [5.41, 5.74) is -2.59. The van der Waals surface area contributed by atoms with Crippen LogP contribution in [0.2, 0.25) is 0 Å². The minimum atomic E-state index is -2.12. The van der Waals surface area contributed by atoms with E-state index in [9.17, 15) is 30.0 Å². The maximum Gasteiger partial charge on any atom is 0.192 e. The normalized spacial score (nSPS) is 41.8. The highest BCUT2D eigenvalue weighted by atomic mass is 16.4. The molecule has 7 atom stereocenters. The fourth-order valence-corrected chi connectivity index (χ4v) is 6.11. The Morgan fingerprint density at radius 3 is 2.63 bits per heavy atom. The molecule has 4 N–H and O–H groups in total. The van der Waals surface area contributed by atoms with Gasteiger partial charge in [0, 0.05) is 16.7 Å². The van der Waals surface area contributed by atoms with E-state index in [0.717, 1.165) is 18.4 Å². The van der Waals surface area contributed by atoms with E-state index in [1.807, 2.05) is 13.0 Å². The summed E-state index contributed by atoms with van der Waals surface area (Å²) in [6.45, 7) is 4.22. The van der Waals surface area contributed by atoms with Gasteiger partial charge in [0.2, 0.25) is 0 Å². The van der Waals surface area contributed by atoms with Gasteiger partial charge >= 0.3 is 0 Å². The molecule has 0 aromatic heterocycles. The molecule has 27 heavy (non-hydrogen) atoms. The molecule has 0 heterocycles. The van der Waals surface area contributed by atoms with Gasteiger partial charge in [-0.3, -0.25) is 9.59 Å². The first-order valence-corrected chi connectivity index (χ1v) is 9.66. The topological polar surface area (TPSA) is 115 Å². The minimum absolute atomic E-state index is 0.0236. The summed E-state index contributed by atoms with van der Waals surface area (Å²) in [4.78, 5) is 24.1. The summed E-state index contributed by atoms with van der Waals surface area (Å²) in [5, 5.41) is 41.8. The Balaban J connectivity index is 1.98. The van der Waals surface area contributed by atoms with Crippen LogP contribution in [-0.2, 0) is 9.59 Å². The maximum absolute atomic E-state index is 12.4. The van der Waals surface area contributed by atoms with Crippen LogP contribution in [0, 0.1) is 22.7 Å². The number of allylic oxidation sites excluding steroid dienone is 4. The van der Waals surface area contributed by atoms with E-state index in [0.29, 0.717) is 6.42 Å². The van der Waals surface area contributed by atoms with Gasteiger partial charge < -0.3 is 20.4 Å². The third-order valence-corrected chi connectivity index (χ3v) is 7.47. The van der Waals surface area contributed by atoms with Crippen LogP contribution < -0.4 is 0 Å². The number of hydrogen-bond acceptors (Lipinski definition) is 6. The molecule has 3 aliphatic rings. The van der Waals surface area contributed by atoms with Crippen molar-refractivity contribution in [1.82, 2.24) is 0 Å². The van der Waals surface area contributed by atoms with E-state index >= 15 is 0 Å². The number of carbonyl (C=O) groups is 2. The van der Waals surface area contributed by atoms with Crippen LogP contribution in [0.25, 0.3) is 0 Å². The number of ketones is 2. The summed E-state index contributed by atoms with van der Waals surface area (Å²) in [7, 11) is 0. The first-order chi connectivity index (χ1) is 12.5. The number of Topliss-reactive ketones (excluding diaryl/α,β-unsaturated/α-hetero) is 1. The third-order valence-electron chi connectivity index (χ3n) is 7.47. The highest BCUT2D eigenvalue weighted by molar-refractivity contribution is 6.01. The SMILES string of the molecule is C[C@@H](O)[C@](O)(C(=O)CO)[C@]1(C)CC2CCC3=CC(=O)C=C[C@]3(C)C2[C@@H](O)C1. The minimum Gasteiger partial charge on any atom is -0.393 e. The van der Waals surface area contributed by atoms with Gasteiger partial charge in [-0.1, -0.05) is 25.5 Å². The summed E-state index contributed by atoms with van der Waals surface area (Å²) in [6, 6.07) is 0. The average Bonchev–Trinajstić information content (AvgIpc) is 2.59. The fourth-order valence-electron chi connectivity index (χ4n) is 6.11. The molecule has 0 aromatic rings. The number of rotatable bonds is 4. The van der Waals surface area contributed by atoms with Crippen LogP contribution in [0.1, 0.15) is 46.5 Å². The molecule has 150 valence electrons. The van der Waals surface area contributed by atoms with Crippen molar-refractivity contribution in [2.45, 2.75) is 64.3 Å². The number of carbonyl (C=O) groups excluding carboxylic acids is 2. The predicted molar refractivity (Wildman–Crippen MR) is 98.6 cm³/mol. The molecule has 3 rings (SSSR count). The van der Waals surface area contributed by atoms with Crippen LogP contribution >= 0.6 is 0 Å². The second-order valence-electron chi connectivity index (χ2n) is 9.07. The van der Waals surface area contributed by atoms with Crippen molar-refractivity contribution in [1.29, 1.82) is 0 Å². The number of aliphatic hydroxyl groups is 4. The second kappa shape index (κ2) is 6.62. The van der Waals surface area contributed by atoms with Crippen molar-refractivity contribution >= 4 is 11.6 Å². The first kappa shape index (κ1) is 20.4. The largest absolute Gasteiger partial charge is 0.393 e. The standard InChI is InChI=1S/C21H30O6/c1-12(23)21(27,17(26)11-22)19(2)9-13-4-5-14-8-15(24)6-7-20(14,3)18(13)16(25)10-19/h6-8,12-13,16,18,22-23,25,27H,4-5,9-11H2,1-3H3/t12-,13?,16+,18?,19-,20+,21+/m1/s1. The van der Waals surface area contributed by atoms with Gasteiger partial charge in [0.25, 0.3) is 0 Å². The Morgan fingerprint density at radius 1 is 1.37 bits per heavy atom. The van der Waals surface area contributed by atoms with E-state index in [1.165, 1.54) is 6.92 Å². The monoisotopic (exact) mass is 378 g/mol. The van der Waals surface area contributed by atoms with Gasteiger partial charge in [0.1, 0.15) is 6.61 Å². The molecular weight excluding hydrogens is 348 g/mol. The Morgan fingerprint density at radius 2 is 2.04 bits per heavy atom. The van der Waals surface area contributed by atoms with Crippen LogP contribution in [0.15, 0.2) is 23.8 Å². The van der Waals surface area contributed by atoms with Crippen LogP contribution in [0.4, 0.5) is 0 Å². The van der Waals surface area contributed by atoms with Crippen LogP contribution in [0.5, 0.6) is 0 Å². The van der Waals surface area contributed by atoms with Crippen molar-refractivity contribution in [2.75, 3.05) is 6.61 Å². The van der Waals surface area contributed by atoms with Gasteiger partial charge in [0.15, 0.2) is 17.2 Å². The van der Waals surface area contributed by atoms with E-state index < -0.39 is 41.0 Å². The fraction of sp³-hybridized carbons (Fsp3) is 0.714. The lowest BCUT2D eigenvalue weighted by Crippen LogP contribution is -2.65. The molecule has 0 amide bonds. The van der Waals surface area contributed by atoms with Crippen molar-refractivity contribution < 1.29 is 30.0 Å². The van der Waals surface area contributed by atoms with Crippen LogP contribution in [-0.4, -0.2) is 56.4 Å². The molecule has 3 aliphatic carbocycles. The number of aliphatic hydroxyl groups excluding tert-OH is 3. The lowest BCUT2D eigenvalue weighted by molar-refractivity contribution is -0.202. The molecule has 0 aliphatic heterocycles. The highest BCUT2D eigenvalue weighted by Gasteiger charge is 2.62. The molecule has 2 unspecified atom stereocenters. The Kier molecular flexibility index (Phi) is 5.00. The Hall–Kier alpha value is -1.34. The van der Waals surface area contributed by atoms with Gasteiger partial charge in [-0.15, -0.1) is 0 Å². The maximum atomic E-state index is 12.4. The summed E-state index contributed by atoms with van der Waals surface area (Å²) in [6.07, 6.45) is 4.96. The van der Waals surface area contributed by atoms with E-state index in [1.54, 1.807) is 19.1 Å². The van der Waals surface area contributed by atoms with Crippen LogP contribution in [0.3, 0.4) is 0 Å². The molecule has 0 saturated heterocycles. The van der Waals surface area contributed by atoms with Gasteiger partial charge in [-0.2, -0.15) is 0 Å². The van der Waals surface area contributed by atoms with Crippen molar-refractivity contribution in [2.24, 2.45) is 22.7 Å². The Labute approximate surface area is 159 Å². The number of fused-ring (bicyclic) bond motifs is 3. The Bertz CT molecular complexity index is 709. The molecule has 6 heteroatoms. The smallest absolute Gasteiger partial charge is 0.192 e. The summed E-state index contributed by atoms with van der Waals surface area (Å²) < 4.78 is 0. The molecular formula is C21H30O6. The zero-order valence-electron chi connectivity index (χ0n) is 16.2. The van der Waals surface area contributed by atoms with Crippen molar-refractivity contribution in [3.63, 3.8) is 0 Å². The molecule has 0 radical (unpaired) electrons. The second-order valence-corrected chi connectivity index (χ2v) is 9.07. The lowest BCUT2D eigenvalue weighted by Gasteiger charge is -2.58. The molecule has 0 spiro atoms. The molecule has 0 bridgehead atoms. The molecule has 0 aromatic carbocycles. The zero-order valence-corrected chi connectivity index (χ0v) is 16.2. The highest BCUT2D eigenvalue weighted by Crippen LogP contribution is 2.60. The van der Waals surface area contributed by atoms with E-state index in [2.05, 4.69) is 0 Å². The lowest BCUT2D eigenvalue weighted by atomic mass is 9.47. The predicted octanol–water partition coefficient (Wildman–Crippen LogP) is 0.918. The van der Waals surface area contributed by atoms with Crippen molar-refractivity contribution in [3.05, 3.63) is 23.8 Å². The van der Waals surface area contributed by atoms with E-state index in [4.69, 9.17) is 0 Å². The van der Waals surface area contributed by atoms with Gasteiger partial charge in [-0.05, 0) is 50.7 Å². The zero-order chi connectivity index (χ0) is 20.2. The molecule has 6 nitrogen and oxygen atoms in total. The van der Waals surface area contributed by atoms with Crippen molar-refractivity contribution in [3.8, 4) is 0 Å². The number of hydrogen-bond donors (Lipinski definition) is 4. The molecule has 2 fully saturated rings. The summed E-state index contributed by atoms with van der Waals surface area (Å²) in [5.74, 6) is -0.961.